The number of hydrogen-bond acceptors (Lipinski definition) is 5. The van der Waals surface area contributed by atoms with Crippen molar-refractivity contribution in [3.8, 4) is 0 Å². The third-order valence-electron chi connectivity index (χ3n) is 6.04. The van der Waals surface area contributed by atoms with E-state index in [2.05, 4.69) is 9.88 Å². The van der Waals surface area contributed by atoms with Crippen LogP contribution in [0.4, 0.5) is 0 Å². The van der Waals surface area contributed by atoms with Crippen molar-refractivity contribution in [3.63, 3.8) is 0 Å². The van der Waals surface area contributed by atoms with E-state index < -0.39 is 0 Å². The van der Waals surface area contributed by atoms with E-state index in [-0.39, 0.29) is 5.91 Å². The maximum Gasteiger partial charge on any atom is 0.273 e. The van der Waals surface area contributed by atoms with Gasteiger partial charge in [0.2, 0.25) is 0 Å². The molecule has 0 aromatic carbocycles. The normalized spacial score (nSPS) is 28.3. The van der Waals surface area contributed by atoms with Gasteiger partial charge in [-0.15, -0.1) is 11.3 Å². The molecular formula is C17H25N3O2S. The van der Waals surface area contributed by atoms with Crippen LogP contribution >= 0.6 is 11.3 Å². The molecule has 3 saturated heterocycles. The van der Waals surface area contributed by atoms with Gasteiger partial charge in [-0.25, -0.2) is 4.98 Å². The lowest BCUT2D eigenvalue weighted by molar-refractivity contribution is 0.0173. The molecule has 3 aliphatic heterocycles. The van der Waals surface area contributed by atoms with Crippen LogP contribution in [0.1, 0.15) is 42.6 Å². The number of ether oxygens (including phenoxy) is 1. The van der Waals surface area contributed by atoms with E-state index >= 15 is 0 Å². The van der Waals surface area contributed by atoms with Crippen molar-refractivity contribution in [2.75, 3.05) is 39.4 Å². The zero-order chi connectivity index (χ0) is 15.7. The van der Waals surface area contributed by atoms with Gasteiger partial charge in [0.25, 0.3) is 5.91 Å². The lowest BCUT2D eigenvalue weighted by atomic mass is 9.71. The molecule has 4 heterocycles. The minimum absolute atomic E-state index is 0.113. The van der Waals surface area contributed by atoms with Gasteiger partial charge in [0.1, 0.15) is 5.69 Å². The summed E-state index contributed by atoms with van der Waals surface area (Å²) in [7, 11) is 0. The maximum atomic E-state index is 12.4. The Bertz CT molecular complexity index is 524. The molecule has 126 valence electrons. The Kier molecular flexibility index (Phi) is 4.39. The number of likely N-dealkylation sites (tertiary alicyclic amines) is 2. The van der Waals surface area contributed by atoms with Gasteiger partial charge in [0, 0.05) is 31.1 Å². The van der Waals surface area contributed by atoms with E-state index in [1.54, 1.807) is 5.51 Å². The first-order valence-electron chi connectivity index (χ1n) is 8.75. The van der Waals surface area contributed by atoms with E-state index in [0.29, 0.717) is 17.2 Å². The third kappa shape index (κ3) is 3.16. The topological polar surface area (TPSA) is 45.7 Å². The lowest BCUT2D eigenvalue weighted by Crippen LogP contribution is -2.50. The van der Waals surface area contributed by atoms with Crippen LogP contribution in [0.3, 0.4) is 0 Å². The van der Waals surface area contributed by atoms with Gasteiger partial charge >= 0.3 is 0 Å². The number of piperidine rings is 2. The lowest BCUT2D eigenvalue weighted by Gasteiger charge is -2.47. The van der Waals surface area contributed by atoms with E-state index in [4.69, 9.17) is 4.74 Å². The monoisotopic (exact) mass is 335 g/mol. The Morgan fingerprint density at radius 3 is 2.57 bits per heavy atom. The number of aromatic nitrogens is 1. The van der Waals surface area contributed by atoms with Crippen molar-refractivity contribution in [1.82, 2.24) is 14.8 Å². The van der Waals surface area contributed by atoms with E-state index in [1.165, 1.54) is 43.7 Å². The molecule has 0 bridgehead atoms. The second-order valence-electron chi connectivity index (χ2n) is 7.22. The van der Waals surface area contributed by atoms with Crippen molar-refractivity contribution in [2.24, 2.45) is 5.41 Å². The van der Waals surface area contributed by atoms with Crippen molar-refractivity contribution >= 4 is 17.2 Å². The fourth-order valence-electron chi connectivity index (χ4n) is 4.34. The highest BCUT2D eigenvalue weighted by Gasteiger charge is 2.40. The van der Waals surface area contributed by atoms with Crippen LogP contribution < -0.4 is 0 Å². The molecule has 0 aliphatic carbocycles. The summed E-state index contributed by atoms with van der Waals surface area (Å²) in [5, 5.41) is 1.86. The number of nitrogens with zero attached hydrogens (tertiary/aromatic N) is 3. The average Bonchev–Trinajstić information content (AvgIpc) is 3.30. The summed E-state index contributed by atoms with van der Waals surface area (Å²) in [6, 6.07) is 0.652. The third-order valence-corrected chi connectivity index (χ3v) is 6.63. The van der Waals surface area contributed by atoms with Gasteiger partial charge in [-0.1, -0.05) is 0 Å². The fraction of sp³-hybridized carbons (Fsp3) is 0.765. The van der Waals surface area contributed by atoms with Gasteiger partial charge < -0.3 is 9.64 Å². The molecular weight excluding hydrogens is 310 g/mol. The standard InChI is InChI=1S/C17H25N3O2S/c21-16(15-12-23-13-18-15)20-8-4-17(5-9-20)2-6-19(7-3-17)14-1-10-22-11-14/h12-14H,1-11H2/t14-/m0/s1. The predicted octanol–water partition coefficient (Wildman–Crippen LogP) is 2.25. The Morgan fingerprint density at radius 1 is 1.22 bits per heavy atom. The predicted molar refractivity (Wildman–Crippen MR) is 89.7 cm³/mol. The zero-order valence-corrected chi connectivity index (χ0v) is 14.4. The molecule has 0 N–H and O–H groups in total. The first kappa shape index (κ1) is 15.5. The number of carbonyl (C=O) groups is 1. The van der Waals surface area contributed by atoms with Crippen LogP contribution in [-0.2, 0) is 4.74 Å². The highest BCUT2D eigenvalue weighted by molar-refractivity contribution is 7.07. The Morgan fingerprint density at radius 2 is 1.96 bits per heavy atom. The molecule has 3 aliphatic rings. The molecule has 1 aromatic heterocycles. The molecule has 0 unspecified atom stereocenters. The summed E-state index contributed by atoms with van der Waals surface area (Å²) < 4.78 is 5.53. The molecule has 6 heteroatoms. The molecule has 1 amide bonds. The SMILES string of the molecule is O=C(c1cscn1)N1CCC2(CC1)CCN([C@H]1CCOC1)CC2. The first-order chi connectivity index (χ1) is 11.3. The zero-order valence-electron chi connectivity index (χ0n) is 13.6. The van der Waals surface area contributed by atoms with Crippen LogP contribution in [0.2, 0.25) is 0 Å². The van der Waals surface area contributed by atoms with E-state index in [1.807, 2.05) is 10.3 Å². The summed E-state index contributed by atoms with van der Waals surface area (Å²) in [6.07, 6.45) is 6.06. The van der Waals surface area contributed by atoms with Crippen LogP contribution in [0.25, 0.3) is 0 Å². The average molecular weight is 335 g/mol. The van der Waals surface area contributed by atoms with Crippen molar-refractivity contribution in [3.05, 3.63) is 16.6 Å². The fourth-order valence-corrected chi connectivity index (χ4v) is 4.86. The summed E-state index contributed by atoms with van der Waals surface area (Å²) >= 11 is 1.49. The Hall–Kier alpha value is -0.980. The van der Waals surface area contributed by atoms with Crippen molar-refractivity contribution in [2.45, 2.75) is 38.1 Å². The van der Waals surface area contributed by atoms with Crippen LogP contribution in [0.15, 0.2) is 10.9 Å². The van der Waals surface area contributed by atoms with Gasteiger partial charge in [0.05, 0.1) is 12.1 Å². The summed E-state index contributed by atoms with van der Waals surface area (Å²) in [5.41, 5.74) is 2.82. The largest absolute Gasteiger partial charge is 0.380 e. The minimum Gasteiger partial charge on any atom is -0.380 e. The maximum absolute atomic E-state index is 12.4. The Balaban J connectivity index is 1.30. The van der Waals surface area contributed by atoms with Crippen LogP contribution in [0.5, 0.6) is 0 Å². The van der Waals surface area contributed by atoms with Crippen LogP contribution in [0, 0.1) is 5.41 Å². The minimum atomic E-state index is 0.113. The van der Waals surface area contributed by atoms with Gasteiger partial charge in [0.15, 0.2) is 0 Å². The molecule has 3 fully saturated rings. The first-order valence-corrected chi connectivity index (χ1v) is 9.69. The molecule has 23 heavy (non-hydrogen) atoms. The summed E-state index contributed by atoms with van der Waals surface area (Å²) in [6.45, 7) is 6.04. The van der Waals surface area contributed by atoms with E-state index in [0.717, 1.165) is 39.1 Å². The molecule has 0 saturated carbocycles. The number of hydrogen-bond donors (Lipinski definition) is 0. The molecule has 0 radical (unpaired) electrons. The van der Waals surface area contributed by atoms with Gasteiger partial charge in [-0.3, -0.25) is 9.69 Å². The summed E-state index contributed by atoms with van der Waals surface area (Å²) in [5.74, 6) is 0.113. The number of carbonyl (C=O) groups excluding carboxylic acids is 1. The molecule has 1 atom stereocenters. The van der Waals surface area contributed by atoms with E-state index in [9.17, 15) is 4.79 Å². The molecule has 4 rings (SSSR count). The number of amides is 1. The number of rotatable bonds is 2. The number of thiazole rings is 1. The molecule has 1 spiro atoms. The van der Waals surface area contributed by atoms with Gasteiger partial charge in [-0.2, -0.15) is 0 Å². The van der Waals surface area contributed by atoms with Crippen LogP contribution in [-0.4, -0.2) is 66.1 Å². The second kappa shape index (κ2) is 6.49. The quantitative estimate of drug-likeness (QED) is 0.832. The summed E-state index contributed by atoms with van der Waals surface area (Å²) in [4.78, 5) is 21.2. The van der Waals surface area contributed by atoms with Crippen molar-refractivity contribution < 1.29 is 9.53 Å². The second-order valence-corrected chi connectivity index (χ2v) is 7.94. The Labute approximate surface area is 141 Å². The highest BCUT2D eigenvalue weighted by Crippen LogP contribution is 2.42. The van der Waals surface area contributed by atoms with Crippen molar-refractivity contribution in [1.29, 1.82) is 0 Å². The smallest absolute Gasteiger partial charge is 0.273 e. The van der Waals surface area contributed by atoms with Gasteiger partial charge in [-0.05, 0) is 50.6 Å². The molecule has 1 aromatic rings. The molecule has 5 nitrogen and oxygen atoms in total. The highest BCUT2D eigenvalue weighted by atomic mass is 32.1.